The summed E-state index contributed by atoms with van der Waals surface area (Å²) in [6, 6.07) is -0.117. The maximum Gasteiger partial charge on any atom is 0.0589 e. The Labute approximate surface area is 73.9 Å². The molecule has 0 saturated carbocycles. The van der Waals surface area contributed by atoms with Crippen LogP contribution in [0.1, 0.15) is 20.3 Å². The third-order valence-corrected chi connectivity index (χ3v) is 2.58. The molecule has 72 valence electrons. The van der Waals surface area contributed by atoms with E-state index in [2.05, 4.69) is 13.8 Å². The monoisotopic (exact) mass is 173 g/mol. The molecule has 1 rings (SSSR count). The predicted octanol–water partition coefficient (Wildman–Crippen LogP) is 0.369. The lowest BCUT2D eigenvalue weighted by atomic mass is 9.73. The van der Waals surface area contributed by atoms with Crippen molar-refractivity contribution in [3.05, 3.63) is 0 Å². The molecule has 1 fully saturated rings. The van der Waals surface area contributed by atoms with E-state index in [0.717, 1.165) is 6.42 Å². The van der Waals surface area contributed by atoms with Gasteiger partial charge in [-0.05, 0) is 12.3 Å². The number of aliphatic hydroxyl groups is 1. The van der Waals surface area contributed by atoms with Crippen LogP contribution < -0.4 is 5.73 Å². The summed E-state index contributed by atoms with van der Waals surface area (Å²) in [6.07, 6.45) is 1.05. The zero-order valence-electron chi connectivity index (χ0n) is 7.92. The van der Waals surface area contributed by atoms with E-state index < -0.39 is 0 Å². The molecule has 1 aliphatic rings. The minimum Gasteiger partial charge on any atom is -0.395 e. The van der Waals surface area contributed by atoms with E-state index in [4.69, 9.17) is 15.6 Å². The van der Waals surface area contributed by atoms with E-state index in [1.54, 1.807) is 0 Å². The van der Waals surface area contributed by atoms with Gasteiger partial charge < -0.3 is 15.6 Å². The van der Waals surface area contributed by atoms with Crippen molar-refractivity contribution >= 4 is 0 Å². The Morgan fingerprint density at radius 3 is 2.33 bits per heavy atom. The molecule has 3 heteroatoms. The number of aliphatic hydroxyl groups excluding tert-OH is 1. The highest BCUT2D eigenvalue weighted by atomic mass is 16.5. The quantitative estimate of drug-likeness (QED) is 0.645. The van der Waals surface area contributed by atoms with Crippen molar-refractivity contribution < 1.29 is 9.84 Å². The van der Waals surface area contributed by atoms with Crippen LogP contribution in [0, 0.1) is 11.3 Å². The first-order valence-electron chi connectivity index (χ1n) is 4.55. The summed E-state index contributed by atoms with van der Waals surface area (Å²) in [5.74, 6) is 0.617. The predicted molar refractivity (Wildman–Crippen MR) is 47.8 cm³/mol. The Bertz CT molecular complexity index is 143. The van der Waals surface area contributed by atoms with Gasteiger partial charge in [-0.15, -0.1) is 0 Å². The first-order valence-corrected chi connectivity index (χ1v) is 4.55. The summed E-state index contributed by atoms with van der Waals surface area (Å²) >= 11 is 0. The highest BCUT2D eigenvalue weighted by Crippen LogP contribution is 2.36. The fourth-order valence-corrected chi connectivity index (χ4v) is 1.85. The van der Waals surface area contributed by atoms with E-state index in [0.29, 0.717) is 19.1 Å². The van der Waals surface area contributed by atoms with Crippen LogP contribution in [0.25, 0.3) is 0 Å². The van der Waals surface area contributed by atoms with Crippen molar-refractivity contribution in [2.24, 2.45) is 17.1 Å². The molecular formula is C9H19NO2. The summed E-state index contributed by atoms with van der Waals surface area (Å²) in [5, 5.41) is 8.97. The molecule has 0 aliphatic carbocycles. The van der Waals surface area contributed by atoms with Gasteiger partial charge in [0.25, 0.3) is 0 Å². The van der Waals surface area contributed by atoms with E-state index in [1.165, 1.54) is 0 Å². The number of hydrogen-bond acceptors (Lipinski definition) is 3. The number of nitrogens with two attached hydrogens (primary N) is 1. The second-order valence-corrected chi connectivity index (χ2v) is 4.24. The van der Waals surface area contributed by atoms with Gasteiger partial charge in [-0.3, -0.25) is 0 Å². The molecular weight excluding hydrogens is 154 g/mol. The standard InChI is InChI=1S/C9H19NO2/c1-7(2)3-9(5-12-6-9)8(10)4-11/h7-8,11H,3-6,10H2,1-2H3. The molecule has 1 aliphatic heterocycles. The van der Waals surface area contributed by atoms with Gasteiger partial charge >= 0.3 is 0 Å². The summed E-state index contributed by atoms with van der Waals surface area (Å²) in [5.41, 5.74) is 5.89. The minimum absolute atomic E-state index is 0.0584. The van der Waals surface area contributed by atoms with Crippen molar-refractivity contribution in [1.82, 2.24) is 0 Å². The summed E-state index contributed by atoms with van der Waals surface area (Å²) < 4.78 is 5.17. The molecule has 1 atom stereocenters. The lowest BCUT2D eigenvalue weighted by Crippen LogP contribution is -2.57. The number of ether oxygens (including phenoxy) is 1. The Kier molecular flexibility index (Phi) is 3.09. The molecule has 12 heavy (non-hydrogen) atoms. The van der Waals surface area contributed by atoms with Crippen molar-refractivity contribution in [3.8, 4) is 0 Å². The van der Waals surface area contributed by atoms with E-state index in [-0.39, 0.29) is 18.1 Å². The zero-order chi connectivity index (χ0) is 9.19. The fourth-order valence-electron chi connectivity index (χ4n) is 1.85. The molecule has 1 heterocycles. The van der Waals surface area contributed by atoms with Crippen LogP contribution in [0.4, 0.5) is 0 Å². The van der Waals surface area contributed by atoms with Crippen LogP contribution in [-0.2, 0) is 4.74 Å². The lowest BCUT2D eigenvalue weighted by molar-refractivity contribution is -0.142. The summed E-state index contributed by atoms with van der Waals surface area (Å²) in [6.45, 7) is 5.84. The van der Waals surface area contributed by atoms with Gasteiger partial charge in [-0.25, -0.2) is 0 Å². The second kappa shape index (κ2) is 3.73. The first-order chi connectivity index (χ1) is 5.60. The van der Waals surface area contributed by atoms with Gasteiger partial charge in [0.1, 0.15) is 0 Å². The van der Waals surface area contributed by atoms with Gasteiger partial charge in [-0.1, -0.05) is 13.8 Å². The Morgan fingerprint density at radius 1 is 1.50 bits per heavy atom. The summed E-state index contributed by atoms with van der Waals surface area (Å²) in [4.78, 5) is 0. The molecule has 3 nitrogen and oxygen atoms in total. The molecule has 3 N–H and O–H groups in total. The molecule has 0 amide bonds. The molecule has 0 aromatic heterocycles. The van der Waals surface area contributed by atoms with Gasteiger partial charge in [0.2, 0.25) is 0 Å². The van der Waals surface area contributed by atoms with Crippen LogP contribution in [0.2, 0.25) is 0 Å². The number of rotatable bonds is 4. The average Bonchev–Trinajstić information content (AvgIpc) is 1.95. The molecule has 0 aromatic rings. The molecule has 0 bridgehead atoms. The SMILES string of the molecule is CC(C)CC1(C(N)CO)COC1. The molecule has 0 aromatic carbocycles. The third kappa shape index (κ3) is 1.79. The van der Waals surface area contributed by atoms with Crippen LogP contribution >= 0.6 is 0 Å². The number of hydrogen-bond donors (Lipinski definition) is 2. The van der Waals surface area contributed by atoms with E-state index in [9.17, 15) is 0 Å². The van der Waals surface area contributed by atoms with Gasteiger partial charge in [0.05, 0.1) is 19.8 Å². The van der Waals surface area contributed by atoms with Crippen molar-refractivity contribution in [1.29, 1.82) is 0 Å². The zero-order valence-corrected chi connectivity index (χ0v) is 7.92. The first kappa shape index (κ1) is 9.96. The van der Waals surface area contributed by atoms with E-state index in [1.807, 2.05) is 0 Å². The van der Waals surface area contributed by atoms with Crippen LogP contribution in [-0.4, -0.2) is 31.0 Å². The van der Waals surface area contributed by atoms with Crippen LogP contribution in [0.15, 0.2) is 0 Å². The largest absolute Gasteiger partial charge is 0.395 e. The van der Waals surface area contributed by atoms with Gasteiger partial charge in [-0.2, -0.15) is 0 Å². The maximum absolute atomic E-state index is 8.97. The smallest absolute Gasteiger partial charge is 0.0589 e. The van der Waals surface area contributed by atoms with Crippen LogP contribution in [0.5, 0.6) is 0 Å². The molecule has 1 unspecified atom stereocenters. The molecule has 0 spiro atoms. The van der Waals surface area contributed by atoms with Crippen molar-refractivity contribution in [3.63, 3.8) is 0 Å². The topological polar surface area (TPSA) is 55.5 Å². The third-order valence-electron chi connectivity index (χ3n) is 2.58. The molecule has 1 saturated heterocycles. The molecule has 0 radical (unpaired) electrons. The summed E-state index contributed by atoms with van der Waals surface area (Å²) in [7, 11) is 0. The van der Waals surface area contributed by atoms with Gasteiger partial charge in [0, 0.05) is 11.5 Å². The maximum atomic E-state index is 8.97. The van der Waals surface area contributed by atoms with Crippen LogP contribution in [0.3, 0.4) is 0 Å². The van der Waals surface area contributed by atoms with Gasteiger partial charge in [0.15, 0.2) is 0 Å². The minimum atomic E-state index is -0.117. The fraction of sp³-hybridized carbons (Fsp3) is 1.00. The Morgan fingerprint density at radius 2 is 2.08 bits per heavy atom. The average molecular weight is 173 g/mol. The second-order valence-electron chi connectivity index (χ2n) is 4.24. The Balaban J connectivity index is 2.50. The lowest BCUT2D eigenvalue weighted by Gasteiger charge is -2.46. The van der Waals surface area contributed by atoms with Crippen molar-refractivity contribution in [2.75, 3.05) is 19.8 Å². The van der Waals surface area contributed by atoms with E-state index >= 15 is 0 Å². The normalized spacial score (nSPS) is 23.8. The highest BCUT2D eigenvalue weighted by Gasteiger charge is 2.43. The Hall–Kier alpha value is -0.120. The van der Waals surface area contributed by atoms with Crippen molar-refractivity contribution in [2.45, 2.75) is 26.3 Å². The highest BCUT2D eigenvalue weighted by molar-refractivity contribution is 4.94.